The summed E-state index contributed by atoms with van der Waals surface area (Å²) in [5.74, 6) is -1.10. The molecule has 2 rings (SSSR count). The van der Waals surface area contributed by atoms with E-state index in [0.717, 1.165) is 18.9 Å². The molecule has 3 nitrogen and oxygen atoms in total. The number of nitrogens with one attached hydrogen (secondary N) is 1. The molecule has 5 heteroatoms. The minimum absolute atomic E-state index is 0.270. The molecule has 0 aliphatic heterocycles. The summed E-state index contributed by atoms with van der Waals surface area (Å²) < 4.78 is 30.7. The Hall–Kier alpha value is -1.49. The van der Waals surface area contributed by atoms with Crippen LogP contribution >= 0.6 is 0 Å². The Morgan fingerprint density at radius 2 is 2.00 bits per heavy atom. The maximum atomic E-state index is 13.0. The smallest absolute Gasteiger partial charge is 0.323 e. The number of carbonyl (C=O) groups excluding carboxylic acids is 1. The van der Waals surface area contributed by atoms with Gasteiger partial charge in [0.25, 0.3) is 0 Å². The molecule has 0 spiro atoms. The van der Waals surface area contributed by atoms with Crippen LogP contribution in [0.1, 0.15) is 18.4 Å². The first-order valence-corrected chi connectivity index (χ1v) is 6.36. The third-order valence-electron chi connectivity index (χ3n) is 3.25. The molecule has 1 fully saturated rings. The zero-order valence-electron chi connectivity index (χ0n) is 10.8. The predicted molar refractivity (Wildman–Crippen MR) is 66.6 cm³/mol. The molecule has 1 aliphatic carbocycles. The van der Waals surface area contributed by atoms with Gasteiger partial charge in [0.05, 0.1) is 7.11 Å². The van der Waals surface area contributed by atoms with Crippen LogP contribution in [-0.4, -0.2) is 25.7 Å². The summed E-state index contributed by atoms with van der Waals surface area (Å²) in [4.78, 5) is 11.5. The highest BCUT2D eigenvalue weighted by atomic mass is 19.1. The van der Waals surface area contributed by atoms with E-state index in [2.05, 4.69) is 5.32 Å². The van der Waals surface area contributed by atoms with E-state index in [0.29, 0.717) is 24.4 Å². The van der Waals surface area contributed by atoms with Gasteiger partial charge in [0.1, 0.15) is 17.7 Å². The monoisotopic (exact) mass is 269 g/mol. The lowest BCUT2D eigenvalue weighted by Crippen LogP contribution is -2.40. The number of hydrogen-bond acceptors (Lipinski definition) is 3. The quantitative estimate of drug-likeness (QED) is 0.803. The lowest BCUT2D eigenvalue weighted by Gasteiger charge is -2.15. The molecule has 1 N–H and O–H groups in total. The van der Waals surface area contributed by atoms with E-state index >= 15 is 0 Å². The zero-order chi connectivity index (χ0) is 13.8. The van der Waals surface area contributed by atoms with Crippen LogP contribution in [0.3, 0.4) is 0 Å². The van der Waals surface area contributed by atoms with Gasteiger partial charge in [-0.2, -0.15) is 0 Å². The standard InChI is InChI=1S/C14H17F2NO2/c1-19-14(18)13(10-2-3-10)17-5-4-9-6-11(15)8-12(16)7-9/h6-8,10,13,17H,2-5H2,1H3. The Kier molecular flexibility index (Phi) is 4.47. The van der Waals surface area contributed by atoms with Crippen molar-refractivity contribution in [2.24, 2.45) is 5.92 Å². The topological polar surface area (TPSA) is 38.3 Å². The van der Waals surface area contributed by atoms with Gasteiger partial charge >= 0.3 is 5.97 Å². The van der Waals surface area contributed by atoms with Crippen molar-refractivity contribution in [3.05, 3.63) is 35.4 Å². The fraction of sp³-hybridized carbons (Fsp3) is 0.500. The van der Waals surface area contributed by atoms with Crippen LogP contribution in [0.4, 0.5) is 8.78 Å². The maximum Gasteiger partial charge on any atom is 0.323 e. The number of ether oxygens (including phenoxy) is 1. The van der Waals surface area contributed by atoms with Gasteiger partial charge in [0.15, 0.2) is 0 Å². The first-order valence-electron chi connectivity index (χ1n) is 6.36. The average molecular weight is 269 g/mol. The van der Waals surface area contributed by atoms with Crippen LogP contribution in [0.15, 0.2) is 18.2 Å². The van der Waals surface area contributed by atoms with E-state index in [-0.39, 0.29) is 12.0 Å². The van der Waals surface area contributed by atoms with Gasteiger partial charge in [0.2, 0.25) is 0 Å². The van der Waals surface area contributed by atoms with Crippen molar-refractivity contribution < 1.29 is 18.3 Å². The van der Waals surface area contributed by atoms with Crippen LogP contribution in [-0.2, 0) is 16.0 Å². The summed E-state index contributed by atoms with van der Waals surface area (Å²) in [6.45, 7) is 0.485. The third-order valence-corrected chi connectivity index (χ3v) is 3.25. The second kappa shape index (κ2) is 6.10. The van der Waals surface area contributed by atoms with E-state index in [9.17, 15) is 13.6 Å². The minimum atomic E-state index is -0.582. The molecule has 1 unspecified atom stereocenters. The number of halogens is 2. The highest BCUT2D eigenvalue weighted by molar-refractivity contribution is 5.76. The first kappa shape index (κ1) is 13.9. The molecular formula is C14H17F2NO2. The van der Waals surface area contributed by atoms with Crippen molar-refractivity contribution in [1.82, 2.24) is 5.32 Å². The largest absolute Gasteiger partial charge is 0.468 e. The van der Waals surface area contributed by atoms with E-state index in [1.165, 1.54) is 19.2 Å². The van der Waals surface area contributed by atoms with Crippen molar-refractivity contribution in [3.63, 3.8) is 0 Å². The SMILES string of the molecule is COC(=O)C(NCCc1cc(F)cc(F)c1)C1CC1. The molecule has 1 aromatic carbocycles. The molecule has 1 atom stereocenters. The van der Waals surface area contributed by atoms with Crippen molar-refractivity contribution in [1.29, 1.82) is 0 Å². The molecule has 1 saturated carbocycles. The van der Waals surface area contributed by atoms with Gasteiger partial charge in [-0.05, 0) is 49.4 Å². The number of carbonyl (C=O) groups is 1. The normalized spacial score (nSPS) is 16.2. The Labute approximate surface area is 111 Å². The Morgan fingerprint density at radius 3 is 2.53 bits per heavy atom. The Morgan fingerprint density at radius 1 is 1.37 bits per heavy atom. The van der Waals surface area contributed by atoms with Gasteiger partial charge in [-0.3, -0.25) is 4.79 Å². The summed E-state index contributed by atoms with van der Waals surface area (Å²) in [7, 11) is 1.36. The minimum Gasteiger partial charge on any atom is -0.468 e. The molecule has 0 aromatic heterocycles. The number of esters is 1. The lowest BCUT2D eigenvalue weighted by atomic mass is 10.1. The molecule has 1 aliphatic rings. The molecule has 104 valence electrons. The van der Waals surface area contributed by atoms with Crippen LogP contribution in [0.5, 0.6) is 0 Å². The number of hydrogen-bond donors (Lipinski definition) is 1. The summed E-state index contributed by atoms with van der Waals surface area (Å²) in [6.07, 6.45) is 2.50. The maximum absolute atomic E-state index is 13.0. The molecule has 0 amide bonds. The van der Waals surface area contributed by atoms with Crippen molar-refractivity contribution in [2.45, 2.75) is 25.3 Å². The lowest BCUT2D eigenvalue weighted by molar-refractivity contribution is -0.143. The molecule has 0 heterocycles. The van der Waals surface area contributed by atoms with E-state index in [1.807, 2.05) is 0 Å². The third kappa shape index (κ3) is 3.99. The summed E-state index contributed by atoms with van der Waals surface area (Å²) in [6, 6.07) is 3.14. The van der Waals surface area contributed by atoms with Gasteiger partial charge in [0, 0.05) is 6.07 Å². The van der Waals surface area contributed by atoms with E-state index < -0.39 is 11.6 Å². The van der Waals surface area contributed by atoms with E-state index in [1.54, 1.807) is 0 Å². The second-order valence-corrected chi connectivity index (χ2v) is 4.82. The molecular weight excluding hydrogens is 252 g/mol. The molecule has 0 bridgehead atoms. The Bertz CT molecular complexity index is 441. The fourth-order valence-electron chi connectivity index (χ4n) is 2.13. The van der Waals surface area contributed by atoms with Gasteiger partial charge in [-0.25, -0.2) is 8.78 Å². The number of benzene rings is 1. The first-order chi connectivity index (χ1) is 9.10. The van der Waals surface area contributed by atoms with Crippen molar-refractivity contribution >= 4 is 5.97 Å². The van der Waals surface area contributed by atoms with E-state index in [4.69, 9.17) is 4.74 Å². The molecule has 19 heavy (non-hydrogen) atoms. The molecule has 0 radical (unpaired) electrons. The fourth-order valence-corrected chi connectivity index (χ4v) is 2.13. The summed E-state index contributed by atoms with van der Waals surface area (Å²) >= 11 is 0. The van der Waals surface area contributed by atoms with Crippen molar-refractivity contribution in [2.75, 3.05) is 13.7 Å². The molecule has 0 saturated heterocycles. The summed E-state index contributed by atoms with van der Waals surface area (Å²) in [5.41, 5.74) is 0.574. The average Bonchev–Trinajstić information content (AvgIpc) is 3.17. The predicted octanol–water partition coefficient (Wildman–Crippen LogP) is 2.05. The summed E-state index contributed by atoms with van der Waals surface area (Å²) in [5, 5.41) is 3.10. The van der Waals surface area contributed by atoms with Gasteiger partial charge in [-0.15, -0.1) is 0 Å². The van der Waals surface area contributed by atoms with Gasteiger partial charge < -0.3 is 10.1 Å². The highest BCUT2D eigenvalue weighted by Gasteiger charge is 2.36. The van der Waals surface area contributed by atoms with Crippen LogP contribution in [0.2, 0.25) is 0 Å². The molecule has 1 aromatic rings. The highest BCUT2D eigenvalue weighted by Crippen LogP contribution is 2.33. The van der Waals surface area contributed by atoms with Crippen LogP contribution < -0.4 is 5.32 Å². The second-order valence-electron chi connectivity index (χ2n) is 4.82. The van der Waals surface area contributed by atoms with Crippen LogP contribution in [0, 0.1) is 17.6 Å². The number of methoxy groups -OCH3 is 1. The Balaban J connectivity index is 1.86. The zero-order valence-corrected chi connectivity index (χ0v) is 10.8. The van der Waals surface area contributed by atoms with Gasteiger partial charge in [-0.1, -0.05) is 0 Å². The van der Waals surface area contributed by atoms with Crippen molar-refractivity contribution in [3.8, 4) is 0 Å². The van der Waals surface area contributed by atoms with Crippen LogP contribution in [0.25, 0.3) is 0 Å². The number of rotatable bonds is 6.